The Labute approximate surface area is 183 Å². The van der Waals surface area contributed by atoms with E-state index in [0.29, 0.717) is 5.75 Å². The largest absolute Gasteiger partial charge is 0.495 e. The molecular formula is C21H27ClN2O5S. The van der Waals surface area contributed by atoms with Gasteiger partial charge in [-0.15, -0.1) is 0 Å². The number of benzene rings is 2. The monoisotopic (exact) mass is 454 g/mol. The van der Waals surface area contributed by atoms with Crippen molar-refractivity contribution in [1.29, 1.82) is 0 Å². The number of hydrogen-bond acceptors (Lipinski definition) is 5. The molecule has 0 heterocycles. The van der Waals surface area contributed by atoms with E-state index in [1.54, 1.807) is 6.07 Å². The van der Waals surface area contributed by atoms with Crippen LogP contribution in [0, 0.1) is 0 Å². The van der Waals surface area contributed by atoms with E-state index in [1.165, 1.54) is 24.8 Å². The third-order valence-electron chi connectivity index (χ3n) is 4.27. The molecule has 7 nitrogen and oxygen atoms in total. The van der Waals surface area contributed by atoms with Crippen LogP contribution in [0.25, 0.3) is 0 Å². The van der Waals surface area contributed by atoms with Crippen molar-refractivity contribution in [3.05, 3.63) is 53.1 Å². The van der Waals surface area contributed by atoms with Gasteiger partial charge in [0, 0.05) is 0 Å². The summed E-state index contributed by atoms with van der Waals surface area (Å²) in [7, 11) is -2.23. The zero-order valence-corrected chi connectivity index (χ0v) is 18.9. The number of nitrogens with one attached hydrogen (secondary N) is 1. The number of nitrogens with zero attached hydrogens (tertiary/aromatic N) is 1. The Bertz CT molecular complexity index is 948. The summed E-state index contributed by atoms with van der Waals surface area (Å²) in [6.45, 7) is 2.27. The Morgan fingerprint density at radius 1 is 1.17 bits per heavy atom. The van der Waals surface area contributed by atoms with Crippen LogP contribution in [0.15, 0.2) is 42.5 Å². The van der Waals surface area contributed by atoms with Crippen LogP contribution in [0.5, 0.6) is 11.5 Å². The molecule has 0 aliphatic carbocycles. The average molecular weight is 455 g/mol. The fourth-order valence-corrected chi connectivity index (χ4v) is 3.90. The van der Waals surface area contributed by atoms with Crippen molar-refractivity contribution in [3.63, 3.8) is 0 Å². The second-order valence-corrected chi connectivity index (χ2v) is 8.99. The zero-order chi connectivity index (χ0) is 22.1. The van der Waals surface area contributed by atoms with Gasteiger partial charge in [-0.25, -0.2) is 8.42 Å². The summed E-state index contributed by atoms with van der Waals surface area (Å²) >= 11 is 6.08. The number of carbonyl (C=O) groups excluding carboxylic acids is 1. The zero-order valence-electron chi connectivity index (χ0n) is 17.4. The summed E-state index contributed by atoms with van der Waals surface area (Å²) in [5, 5.41) is 2.92. The number of anilines is 1. The first-order valence-electron chi connectivity index (χ1n) is 9.54. The lowest BCUT2D eigenvalue weighted by Gasteiger charge is -2.22. The first-order valence-corrected chi connectivity index (χ1v) is 11.8. The number of carbonyl (C=O) groups is 1. The van der Waals surface area contributed by atoms with Crippen molar-refractivity contribution in [2.45, 2.75) is 19.8 Å². The minimum atomic E-state index is -3.69. The lowest BCUT2D eigenvalue weighted by molar-refractivity contribution is -0.119. The number of sulfonamides is 1. The van der Waals surface area contributed by atoms with Crippen LogP contribution in [0.2, 0.25) is 5.02 Å². The lowest BCUT2D eigenvalue weighted by Crippen LogP contribution is -2.41. The smallest absolute Gasteiger partial charge is 0.240 e. The molecule has 0 aliphatic rings. The third-order valence-corrected chi connectivity index (χ3v) is 5.70. The van der Waals surface area contributed by atoms with Crippen LogP contribution in [0.1, 0.15) is 18.9 Å². The maximum absolute atomic E-state index is 12.3. The van der Waals surface area contributed by atoms with Crippen LogP contribution < -0.4 is 19.1 Å². The van der Waals surface area contributed by atoms with E-state index in [-0.39, 0.29) is 30.4 Å². The molecule has 0 radical (unpaired) electrons. The molecule has 0 saturated heterocycles. The molecule has 30 heavy (non-hydrogen) atoms. The van der Waals surface area contributed by atoms with E-state index in [1.807, 2.05) is 24.3 Å². The van der Waals surface area contributed by atoms with Gasteiger partial charge in [-0.2, -0.15) is 0 Å². The Hall–Kier alpha value is -2.45. The molecule has 0 bridgehead atoms. The average Bonchev–Trinajstić information content (AvgIpc) is 2.70. The number of amides is 1. The second kappa shape index (κ2) is 11.1. The summed E-state index contributed by atoms with van der Waals surface area (Å²) in [4.78, 5) is 12.3. The quantitative estimate of drug-likeness (QED) is 0.527. The van der Waals surface area contributed by atoms with E-state index in [9.17, 15) is 13.2 Å². The molecule has 0 spiro atoms. The highest BCUT2D eigenvalue weighted by Gasteiger charge is 2.21. The summed E-state index contributed by atoms with van der Waals surface area (Å²) in [5.74, 6) is 0.683. The normalized spacial score (nSPS) is 11.1. The molecule has 0 aromatic heterocycles. The van der Waals surface area contributed by atoms with Crippen LogP contribution in [0.3, 0.4) is 0 Å². The molecule has 0 unspecified atom stereocenters. The first kappa shape index (κ1) is 23.8. The van der Waals surface area contributed by atoms with Crippen molar-refractivity contribution in [3.8, 4) is 11.5 Å². The van der Waals surface area contributed by atoms with Crippen molar-refractivity contribution in [2.75, 3.05) is 37.4 Å². The van der Waals surface area contributed by atoms with Crippen molar-refractivity contribution >= 4 is 33.2 Å². The van der Waals surface area contributed by atoms with Gasteiger partial charge < -0.3 is 14.8 Å². The van der Waals surface area contributed by atoms with E-state index in [4.69, 9.17) is 21.1 Å². The predicted molar refractivity (Wildman–Crippen MR) is 119 cm³/mol. The third kappa shape index (κ3) is 7.11. The van der Waals surface area contributed by atoms with E-state index < -0.39 is 15.9 Å². The van der Waals surface area contributed by atoms with Crippen molar-refractivity contribution in [2.24, 2.45) is 0 Å². The van der Waals surface area contributed by atoms with Crippen LogP contribution in [-0.4, -0.2) is 47.4 Å². The highest BCUT2D eigenvalue weighted by Crippen LogP contribution is 2.30. The molecule has 1 N–H and O–H groups in total. The molecule has 9 heteroatoms. The molecule has 2 aromatic carbocycles. The number of rotatable bonds is 11. The summed E-state index contributed by atoms with van der Waals surface area (Å²) in [6.07, 6.45) is 3.13. The lowest BCUT2D eigenvalue weighted by atomic mass is 10.1. The SMILES string of the molecule is CCCc1ccc(OCCNC(=O)CN(c2ccc(OC)c(Cl)c2)S(C)(=O)=O)cc1. The van der Waals surface area contributed by atoms with E-state index >= 15 is 0 Å². The van der Waals surface area contributed by atoms with Gasteiger partial charge in [0.05, 0.1) is 30.6 Å². The van der Waals surface area contributed by atoms with Crippen LogP contribution in [-0.2, 0) is 21.2 Å². The van der Waals surface area contributed by atoms with Gasteiger partial charge >= 0.3 is 0 Å². The van der Waals surface area contributed by atoms with Gasteiger partial charge in [0.15, 0.2) is 0 Å². The fraction of sp³-hybridized carbons (Fsp3) is 0.381. The fourth-order valence-electron chi connectivity index (χ4n) is 2.80. The summed E-state index contributed by atoms with van der Waals surface area (Å²) in [5.41, 5.74) is 1.53. The highest BCUT2D eigenvalue weighted by molar-refractivity contribution is 7.92. The molecule has 2 aromatic rings. The molecule has 1 amide bonds. The Morgan fingerprint density at radius 2 is 1.87 bits per heavy atom. The first-order chi connectivity index (χ1) is 14.2. The van der Waals surface area contributed by atoms with E-state index in [2.05, 4.69) is 12.2 Å². The maximum atomic E-state index is 12.3. The van der Waals surface area contributed by atoms with Gasteiger partial charge in [0.1, 0.15) is 24.7 Å². The van der Waals surface area contributed by atoms with Gasteiger partial charge in [0.25, 0.3) is 0 Å². The molecule has 0 atom stereocenters. The molecule has 2 rings (SSSR count). The van der Waals surface area contributed by atoms with E-state index in [0.717, 1.165) is 29.2 Å². The molecular weight excluding hydrogens is 428 g/mol. The number of aryl methyl sites for hydroxylation is 1. The van der Waals surface area contributed by atoms with Gasteiger partial charge in [-0.1, -0.05) is 37.1 Å². The minimum absolute atomic E-state index is 0.247. The number of hydrogen-bond donors (Lipinski definition) is 1. The second-order valence-electron chi connectivity index (χ2n) is 6.68. The topological polar surface area (TPSA) is 84.9 Å². The molecule has 0 saturated carbocycles. The van der Waals surface area contributed by atoms with Gasteiger partial charge in [-0.05, 0) is 42.3 Å². The van der Waals surface area contributed by atoms with Crippen molar-refractivity contribution < 1.29 is 22.7 Å². The number of halogens is 1. The molecule has 164 valence electrons. The number of methoxy groups -OCH3 is 1. The van der Waals surface area contributed by atoms with Crippen LogP contribution >= 0.6 is 11.6 Å². The summed E-state index contributed by atoms with van der Waals surface area (Å²) < 4.78 is 36.0. The molecule has 0 fully saturated rings. The van der Waals surface area contributed by atoms with Crippen LogP contribution in [0.4, 0.5) is 5.69 Å². The molecule has 0 aliphatic heterocycles. The van der Waals surface area contributed by atoms with Gasteiger partial charge in [0.2, 0.25) is 15.9 Å². The Morgan fingerprint density at radius 3 is 2.43 bits per heavy atom. The Kier molecular flexibility index (Phi) is 8.80. The van der Waals surface area contributed by atoms with Gasteiger partial charge in [-0.3, -0.25) is 9.10 Å². The highest BCUT2D eigenvalue weighted by atomic mass is 35.5. The number of ether oxygens (including phenoxy) is 2. The maximum Gasteiger partial charge on any atom is 0.240 e. The summed E-state index contributed by atoms with van der Waals surface area (Å²) in [6, 6.07) is 12.3. The Balaban J connectivity index is 1.89. The predicted octanol–water partition coefficient (Wildman–Crippen LogP) is 3.26. The van der Waals surface area contributed by atoms with Crippen molar-refractivity contribution in [1.82, 2.24) is 5.32 Å². The minimum Gasteiger partial charge on any atom is -0.495 e. The standard InChI is InChI=1S/C21H27ClN2O5S/c1-4-5-16-6-9-18(10-7-16)29-13-12-23-21(25)15-24(30(3,26)27)17-8-11-20(28-2)19(22)14-17/h6-11,14H,4-5,12-13,15H2,1-3H3,(H,23,25).